The van der Waals surface area contributed by atoms with Gasteiger partial charge in [-0.1, -0.05) is 36.4 Å². The number of hydrogen-bond acceptors (Lipinski definition) is 5. The van der Waals surface area contributed by atoms with Gasteiger partial charge in [-0.25, -0.2) is 9.59 Å². The molecule has 0 saturated carbocycles. The highest BCUT2D eigenvalue weighted by Gasteiger charge is 2.13. The summed E-state index contributed by atoms with van der Waals surface area (Å²) in [6.07, 6.45) is 0.836. The molecule has 0 spiro atoms. The van der Waals surface area contributed by atoms with Gasteiger partial charge in [0, 0.05) is 6.61 Å². The molecule has 0 aliphatic rings. The first-order valence-corrected chi connectivity index (χ1v) is 6.04. The van der Waals surface area contributed by atoms with Crippen LogP contribution in [0.1, 0.15) is 12.0 Å². The number of hydrogen-bond donors (Lipinski definition) is 2. The summed E-state index contributed by atoms with van der Waals surface area (Å²) < 4.78 is 9.49. The van der Waals surface area contributed by atoms with Crippen molar-refractivity contribution in [3.63, 3.8) is 0 Å². The van der Waals surface area contributed by atoms with Crippen LogP contribution >= 0.6 is 0 Å². The maximum atomic E-state index is 11.6. The number of aliphatic hydroxyl groups is 1. The van der Waals surface area contributed by atoms with Crippen molar-refractivity contribution in [3.8, 4) is 0 Å². The van der Waals surface area contributed by atoms with E-state index in [0.29, 0.717) is 0 Å². The Hall–Kier alpha value is -2.34. The Morgan fingerprint density at radius 2 is 2.00 bits per heavy atom. The van der Waals surface area contributed by atoms with E-state index in [2.05, 4.69) is 10.1 Å². The number of alkyl carbamates (subject to hydrolysis) is 1. The first-order chi connectivity index (χ1) is 9.67. The molecule has 6 nitrogen and oxygen atoms in total. The lowest BCUT2D eigenvalue weighted by atomic mass is 10.2. The Bertz CT molecular complexity index is 470. The highest BCUT2D eigenvalue weighted by molar-refractivity contribution is 5.92. The monoisotopic (exact) mass is 279 g/mol. The predicted octanol–water partition coefficient (Wildman–Crippen LogP) is 1.35. The van der Waals surface area contributed by atoms with E-state index in [1.54, 1.807) is 0 Å². The van der Waals surface area contributed by atoms with Gasteiger partial charge in [0.2, 0.25) is 0 Å². The standard InChI is InChI=1S/C14H17NO5/c1-19-13(17)12(8-5-9-16)15-14(18)20-10-11-6-3-2-4-7-11/h2-4,6-8,16H,5,9-10H2,1H3,(H,15,18)/b12-8-. The summed E-state index contributed by atoms with van der Waals surface area (Å²) in [6, 6.07) is 9.15. The summed E-state index contributed by atoms with van der Waals surface area (Å²) in [7, 11) is 1.20. The molecule has 0 bridgehead atoms. The molecule has 1 rings (SSSR count). The van der Waals surface area contributed by atoms with Crippen molar-refractivity contribution < 1.29 is 24.2 Å². The van der Waals surface area contributed by atoms with E-state index in [1.165, 1.54) is 13.2 Å². The lowest BCUT2D eigenvalue weighted by molar-refractivity contribution is -0.136. The SMILES string of the molecule is COC(=O)/C(=C/CCO)NC(=O)OCc1ccccc1. The third-order valence-electron chi connectivity index (χ3n) is 2.33. The van der Waals surface area contributed by atoms with Crippen LogP contribution in [0.3, 0.4) is 0 Å². The van der Waals surface area contributed by atoms with Crippen molar-refractivity contribution >= 4 is 12.1 Å². The summed E-state index contributed by atoms with van der Waals surface area (Å²) in [5.74, 6) is -0.699. The molecule has 2 N–H and O–H groups in total. The van der Waals surface area contributed by atoms with Gasteiger partial charge in [0.05, 0.1) is 7.11 Å². The minimum atomic E-state index is -0.761. The maximum absolute atomic E-state index is 11.6. The van der Waals surface area contributed by atoms with E-state index in [-0.39, 0.29) is 25.3 Å². The van der Waals surface area contributed by atoms with Crippen LogP contribution < -0.4 is 5.32 Å². The Balaban J connectivity index is 2.52. The van der Waals surface area contributed by atoms with Gasteiger partial charge in [0.1, 0.15) is 12.3 Å². The predicted molar refractivity (Wildman–Crippen MR) is 71.6 cm³/mol. The number of carbonyl (C=O) groups excluding carboxylic acids is 2. The van der Waals surface area contributed by atoms with Gasteiger partial charge in [-0.3, -0.25) is 5.32 Å². The normalized spacial score (nSPS) is 10.8. The number of esters is 1. The van der Waals surface area contributed by atoms with Crippen LogP contribution in [0.4, 0.5) is 4.79 Å². The largest absolute Gasteiger partial charge is 0.464 e. The molecule has 0 saturated heterocycles. The van der Waals surface area contributed by atoms with E-state index in [9.17, 15) is 9.59 Å². The van der Waals surface area contributed by atoms with Crippen molar-refractivity contribution in [2.75, 3.05) is 13.7 Å². The fourth-order valence-electron chi connectivity index (χ4n) is 1.37. The summed E-state index contributed by atoms with van der Waals surface area (Å²) >= 11 is 0. The molecule has 0 aliphatic carbocycles. The molecule has 0 aromatic heterocycles. The first kappa shape index (κ1) is 15.7. The fraction of sp³-hybridized carbons (Fsp3) is 0.286. The summed E-state index contributed by atoms with van der Waals surface area (Å²) in [4.78, 5) is 23.0. The van der Waals surface area contributed by atoms with Crippen LogP contribution in [-0.2, 0) is 20.9 Å². The third kappa shape index (κ3) is 5.53. The van der Waals surface area contributed by atoms with Gasteiger partial charge in [0.15, 0.2) is 0 Å². The molecule has 0 heterocycles. The number of amides is 1. The maximum Gasteiger partial charge on any atom is 0.412 e. The molecule has 108 valence electrons. The van der Waals surface area contributed by atoms with Crippen molar-refractivity contribution in [3.05, 3.63) is 47.7 Å². The van der Waals surface area contributed by atoms with Crippen molar-refractivity contribution in [1.82, 2.24) is 5.32 Å². The smallest absolute Gasteiger partial charge is 0.412 e. The number of aliphatic hydroxyl groups excluding tert-OH is 1. The first-order valence-electron chi connectivity index (χ1n) is 6.04. The molecular weight excluding hydrogens is 262 g/mol. The Kier molecular flexibility index (Phi) is 6.84. The second-order valence-electron chi connectivity index (χ2n) is 3.81. The minimum Gasteiger partial charge on any atom is -0.464 e. The van der Waals surface area contributed by atoms with Crippen LogP contribution in [0, 0.1) is 0 Å². The highest BCUT2D eigenvalue weighted by atomic mass is 16.6. The molecule has 0 atom stereocenters. The highest BCUT2D eigenvalue weighted by Crippen LogP contribution is 2.02. The van der Waals surface area contributed by atoms with E-state index < -0.39 is 12.1 Å². The average molecular weight is 279 g/mol. The summed E-state index contributed by atoms with van der Waals surface area (Å²) in [6.45, 7) is -0.0393. The van der Waals surface area contributed by atoms with E-state index in [4.69, 9.17) is 9.84 Å². The van der Waals surface area contributed by atoms with Gasteiger partial charge in [-0.15, -0.1) is 0 Å². The summed E-state index contributed by atoms with van der Waals surface area (Å²) in [5, 5.41) is 11.0. The van der Waals surface area contributed by atoms with Crippen LogP contribution in [0.15, 0.2) is 42.1 Å². The van der Waals surface area contributed by atoms with Crippen LogP contribution in [0.25, 0.3) is 0 Å². The van der Waals surface area contributed by atoms with Gasteiger partial charge in [-0.2, -0.15) is 0 Å². The van der Waals surface area contributed by atoms with Crippen molar-refractivity contribution in [1.29, 1.82) is 0 Å². The van der Waals surface area contributed by atoms with Crippen LogP contribution in [0.2, 0.25) is 0 Å². The van der Waals surface area contributed by atoms with Gasteiger partial charge >= 0.3 is 12.1 Å². The van der Waals surface area contributed by atoms with Crippen LogP contribution in [-0.4, -0.2) is 30.9 Å². The molecule has 1 aromatic rings. The Labute approximate surface area is 117 Å². The van der Waals surface area contributed by atoms with E-state index >= 15 is 0 Å². The van der Waals surface area contributed by atoms with E-state index in [0.717, 1.165) is 5.56 Å². The Morgan fingerprint density at radius 3 is 2.60 bits per heavy atom. The van der Waals surface area contributed by atoms with Gasteiger partial charge in [-0.05, 0) is 12.0 Å². The van der Waals surface area contributed by atoms with Gasteiger partial charge in [0.25, 0.3) is 0 Å². The molecule has 6 heteroatoms. The zero-order valence-corrected chi connectivity index (χ0v) is 11.2. The topological polar surface area (TPSA) is 84.9 Å². The number of nitrogens with one attached hydrogen (secondary N) is 1. The molecule has 20 heavy (non-hydrogen) atoms. The number of rotatable bonds is 6. The number of carbonyl (C=O) groups is 2. The molecule has 1 aromatic carbocycles. The third-order valence-corrected chi connectivity index (χ3v) is 2.33. The van der Waals surface area contributed by atoms with Crippen molar-refractivity contribution in [2.24, 2.45) is 0 Å². The molecule has 0 radical (unpaired) electrons. The molecule has 0 aliphatic heterocycles. The molecule has 0 fully saturated rings. The summed E-state index contributed by atoms with van der Waals surface area (Å²) in [5.41, 5.74) is 0.779. The number of methoxy groups -OCH3 is 1. The van der Waals surface area contributed by atoms with Crippen molar-refractivity contribution in [2.45, 2.75) is 13.0 Å². The zero-order chi connectivity index (χ0) is 14.8. The van der Waals surface area contributed by atoms with E-state index in [1.807, 2.05) is 30.3 Å². The second kappa shape index (κ2) is 8.71. The van der Waals surface area contributed by atoms with Gasteiger partial charge < -0.3 is 14.6 Å². The second-order valence-corrected chi connectivity index (χ2v) is 3.81. The quantitative estimate of drug-likeness (QED) is 0.606. The zero-order valence-electron chi connectivity index (χ0n) is 11.2. The Morgan fingerprint density at radius 1 is 1.30 bits per heavy atom. The fourth-order valence-corrected chi connectivity index (χ4v) is 1.37. The molecular formula is C14H17NO5. The lowest BCUT2D eigenvalue weighted by Gasteiger charge is -2.09. The van der Waals surface area contributed by atoms with Crippen LogP contribution in [0.5, 0.6) is 0 Å². The lowest BCUT2D eigenvalue weighted by Crippen LogP contribution is -2.28. The average Bonchev–Trinajstić information content (AvgIpc) is 2.49. The molecule has 0 unspecified atom stereocenters. The number of ether oxygens (including phenoxy) is 2. The number of benzene rings is 1. The molecule has 1 amide bonds. The minimum absolute atomic E-state index is 0.0559.